The van der Waals surface area contributed by atoms with Gasteiger partial charge in [0.1, 0.15) is 18.5 Å². The van der Waals surface area contributed by atoms with Gasteiger partial charge in [-0.25, -0.2) is 0 Å². The monoisotopic (exact) mass is 489 g/mol. The summed E-state index contributed by atoms with van der Waals surface area (Å²) in [6.45, 7) is 9.17. The first-order valence-electron chi connectivity index (χ1n) is 9.59. The van der Waals surface area contributed by atoms with E-state index in [1.165, 1.54) is 0 Å². The Bertz CT molecular complexity index is 620. The number of benzene rings is 1. The SMILES string of the molecule is CCNC(=NCC(O)COc1cccc(C)c1)N1CCC2(CCOC2)C1.I. The molecule has 2 heterocycles. The van der Waals surface area contributed by atoms with Gasteiger partial charge in [0.25, 0.3) is 0 Å². The summed E-state index contributed by atoms with van der Waals surface area (Å²) in [4.78, 5) is 6.94. The van der Waals surface area contributed by atoms with Crippen LogP contribution < -0.4 is 10.1 Å². The van der Waals surface area contributed by atoms with E-state index >= 15 is 0 Å². The normalized spacial score (nSPS) is 23.4. The maximum absolute atomic E-state index is 10.2. The molecule has 7 heteroatoms. The molecule has 2 N–H and O–H groups in total. The number of guanidine groups is 1. The van der Waals surface area contributed by atoms with Gasteiger partial charge in [0.15, 0.2) is 5.96 Å². The highest BCUT2D eigenvalue weighted by atomic mass is 127. The van der Waals surface area contributed by atoms with Crippen molar-refractivity contribution in [2.24, 2.45) is 10.4 Å². The molecule has 27 heavy (non-hydrogen) atoms. The number of ether oxygens (including phenoxy) is 2. The number of nitrogens with one attached hydrogen (secondary N) is 1. The molecule has 0 amide bonds. The third-order valence-corrected chi connectivity index (χ3v) is 5.14. The van der Waals surface area contributed by atoms with Crippen LogP contribution in [0.15, 0.2) is 29.3 Å². The van der Waals surface area contributed by atoms with Crippen LogP contribution >= 0.6 is 24.0 Å². The summed E-state index contributed by atoms with van der Waals surface area (Å²) in [6.07, 6.45) is 1.65. The van der Waals surface area contributed by atoms with Crippen molar-refractivity contribution in [3.05, 3.63) is 29.8 Å². The van der Waals surface area contributed by atoms with Crippen LogP contribution in [0.5, 0.6) is 5.75 Å². The second-order valence-electron chi connectivity index (χ2n) is 7.45. The fourth-order valence-corrected chi connectivity index (χ4v) is 3.66. The number of aliphatic imine (C=N–C) groups is 1. The van der Waals surface area contributed by atoms with E-state index in [9.17, 15) is 5.11 Å². The number of hydrogen-bond donors (Lipinski definition) is 2. The first kappa shape index (κ1) is 22.2. The highest BCUT2D eigenvalue weighted by Gasteiger charge is 2.42. The zero-order valence-electron chi connectivity index (χ0n) is 16.3. The Kier molecular flexibility index (Phi) is 8.62. The molecule has 2 unspecified atom stereocenters. The van der Waals surface area contributed by atoms with Gasteiger partial charge in [-0.05, 0) is 44.4 Å². The lowest BCUT2D eigenvalue weighted by Crippen LogP contribution is -2.42. The zero-order chi connectivity index (χ0) is 18.4. The number of halogens is 1. The van der Waals surface area contributed by atoms with E-state index in [1.807, 2.05) is 31.2 Å². The predicted molar refractivity (Wildman–Crippen MR) is 118 cm³/mol. The van der Waals surface area contributed by atoms with Crippen molar-refractivity contribution >= 4 is 29.9 Å². The van der Waals surface area contributed by atoms with E-state index in [4.69, 9.17) is 9.47 Å². The standard InChI is InChI=1S/C20H31N3O3.HI/c1-3-21-19(23-9-7-20(14-23)8-10-25-15-20)22-12-17(24)13-26-18-6-4-5-16(2)11-18;/h4-6,11,17,24H,3,7-10,12-15H2,1-2H3,(H,21,22);1H. The fraction of sp³-hybridized carbons (Fsp3) is 0.650. The Hall–Kier alpha value is -1.06. The quantitative estimate of drug-likeness (QED) is 0.365. The Balaban J connectivity index is 0.00000261. The Labute approximate surface area is 179 Å². The summed E-state index contributed by atoms with van der Waals surface area (Å²) in [5.41, 5.74) is 1.44. The van der Waals surface area contributed by atoms with Gasteiger partial charge in [0.2, 0.25) is 0 Å². The second kappa shape index (κ2) is 10.5. The van der Waals surface area contributed by atoms with E-state index in [0.717, 1.165) is 63.0 Å². The number of nitrogens with zero attached hydrogens (tertiary/aromatic N) is 2. The van der Waals surface area contributed by atoms with Crippen molar-refractivity contribution in [2.75, 3.05) is 46.0 Å². The van der Waals surface area contributed by atoms with Gasteiger partial charge in [0, 0.05) is 31.7 Å². The molecule has 0 saturated carbocycles. The lowest BCUT2D eigenvalue weighted by atomic mass is 9.87. The van der Waals surface area contributed by atoms with Crippen molar-refractivity contribution in [2.45, 2.75) is 32.8 Å². The molecule has 3 rings (SSSR count). The van der Waals surface area contributed by atoms with E-state index in [-0.39, 0.29) is 30.6 Å². The number of aliphatic hydroxyl groups is 1. The lowest BCUT2D eigenvalue weighted by Gasteiger charge is -2.25. The molecular weight excluding hydrogens is 457 g/mol. The smallest absolute Gasteiger partial charge is 0.194 e. The molecule has 2 aliphatic rings. The van der Waals surface area contributed by atoms with Crippen molar-refractivity contribution in [1.29, 1.82) is 0 Å². The largest absolute Gasteiger partial charge is 0.491 e. The molecule has 0 radical (unpaired) electrons. The maximum atomic E-state index is 10.2. The number of aryl methyl sites for hydroxylation is 1. The lowest BCUT2D eigenvalue weighted by molar-refractivity contribution is 0.114. The molecule has 0 aromatic heterocycles. The molecule has 2 fully saturated rings. The van der Waals surface area contributed by atoms with Crippen LogP contribution in [0.2, 0.25) is 0 Å². The van der Waals surface area contributed by atoms with Crippen LogP contribution in [0, 0.1) is 12.3 Å². The van der Waals surface area contributed by atoms with Crippen LogP contribution in [-0.2, 0) is 4.74 Å². The predicted octanol–water partition coefficient (Wildman–Crippen LogP) is 2.43. The van der Waals surface area contributed by atoms with Gasteiger partial charge < -0.3 is 24.8 Å². The van der Waals surface area contributed by atoms with Crippen LogP contribution in [0.1, 0.15) is 25.3 Å². The van der Waals surface area contributed by atoms with E-state index in [2.05, 4.69) is 22.1 Å². The van der Waals surface area contributed by atoms with Crippen molar-refractivity contribution in [3.63, 3.8) is 0 Å². The first-order valence-corrected chi connectivity index (χ1v) is 9.59. The third kappa shape index (κ3) is 6.22. The summed E-state index contributed by atoms with van der Waals surface area (Å²) in [6, 6.07) is 7.84. The molecule has 2 saturated heterocycles. The van der Waals surface area contributed by atoms with E-state index in [0.29, 0.717) is 12.0 Å². The third-order valence-electron chi connectivity index (χ3n) is 5.14. The van der Waals surface area contributed by atoms with Gasteiger partial charge in [-0.1, -0.05) is 12.1 Å². The van der Waals surface area contributed by atoms with Crippen LogP contribution in [-0.4, -0.2) is 68.1 Å². The average Bonchev–Trinajstić information content (AvgIpc) is 3.27. The minimum absolute atomic E-state index is 0. The molecule has 0 bridgehead atoms. The molecule has 152 valence electrons. The van der Waals surface area contributed by atoms with Gasteiger partial charge in [-0.3, -0.25) is 4.99 Å². The van der Waals surface area contributed by atoms with Crippen LogP contribution in [0.4, 0.5) is 0 Å². The number of aliphatic hydroxyl groups excluding tert-OH is 1. The van der Waals surface area contributed by atoms with Gasteiger partial charge in [0.05, 0.1) is 13.2 Å². The van der Waals surface area contributed by atoms with Crippen molar-refractivity contribution < 1.29 is 14.6 Å². The molecule has 2 aliphatic heterocycles. The van der Waals surface area contributed by atoms with Crippen molar-refractivity contribution in [3.8, 4) is 5.75 Å². The van der Waals surface area contributed by atoms with Crippen LogP contribution in [0.25, 0.3) is 0 Å². The van der Waals surface area contributed by atoms with E-state index in [1.54, 1.807) is 0 Å². The average molecular weight is 489 g/mol. The highest BCUT2D eigenvalue weighted by Crippen LogP contribution is 2.38. The summed E-state index contributed by atoms with van der Waals surface area (Å²) in [5.74, 6) is 1.66. The fourth-order valence-electron chi connectivity index (χ4n) is 3.66. The topological polar surface area (TPSA) is 66.3 Å². The molecule has 1 aromatic carbocycles. The summed E-state index contributed by atoms with van der Waals surface area (Å²) < 4.78 is 11.3. The Morgan fingerprint density at radius 2 is 2.30 bits per heavy atom. The minimum atomic E-state index is -0.629. The second-order valence-corrected chi connectivity index (χ2v) is 7.45. The number of rotatable bonds is 6. The van der Waals surface area contributed by atoms with E-state index < -0.39 is 6.10 Å². The minimum Gasteiger partial charge on any atom is -0.491 e. The summed E-state index contributed by atoms with van der Waals surface area (Å²) in [7, 11) is 0. The summed E-state index contributed by atoms with van der Waals surface area (Å²) in [5, 5.41) is 13.6. The number of hydrogen-bond acceptors (Lipinski definition) is 4. The molecule has 0 aliphatic carbocycles. The molecule has 2 atom stereocenters. The highest BCUT2D eigenvalue weighted by molar-refractivity contribution is 14.0. The first-order chi connectivity index (χ1) is 12.6. The van der Waals surface area contributed by atoms with Crippen molar-refractivity contribution in [1.82, 2.24) is 10.2 Å². The van der Waals surface area contributed by atoms with Crippen LogP contribution in [0.3, 0.4) is 0 Å². The van der Waals surface area contributed by atoms with Gasteiger partial charge in [-0.2, -0.15) is 0 Å². The maximum Gasteiger partial charge on any atom is 0.194 e. The van der Waals surface area contributed by atoms with Gasteiger partial charge >= 0.3 is 0 Å². The zero-order valence-corrected chi connectivity index (χ0v) is 18.6. The summed E-state index contributed by atoms with van der Waals surface area (Å²) >= 11 is 0. The van der Waals surface area contributed by atoms with Gasteiger partial charge in [-0.15, -0.1) is 24.0 Å². The molecular formula is C20H32IN3O3. The Morgan fingerprint density at radius 3 is 3.00 bits per heavy atom. The number of likely N-dealkylation sites (tertiary alicyclic amines) is 1. The molecule has 1 aromatic rings. The molecule has 6 nitrogen and oxygen atoms in total. The Morgan fingerprint density at radius 1 is 1.44 bits per heavy atom. The molecule has 1 spiro atoms.